The number of carbonyl (C=O) groups is 1. The van der Waals surface area contributed by atoms with Gasteiger partial charge in [0.25, 0.3) is 0 Å². The molecule has 0 aliphatic rings. The molecule has 148 valence electrons. The second kappa shape index (κ2) is 8.85. The zero-order valence-corrected chi connectivity index (χ0v) is 17.8. The molecule has 0 saturated heterocycles. The second-order valence-corrected chi connectivity index (χ2v) is 8.82. The van der Waals surface area contributed by atoms with Gasteiger partial charge in [-0.15, -0.1) is 0 Å². The van der Waals surface area contributed by atoms with Gasteiger partial charge in [0.15, 0.2) is 0 Å². The summed E-state index contributed by atoms with van der Waals surface area (Å²) in [5.74, 6) is 0.675. The number of nitrogens with zero attached hydrogens (tertiary/aromatic N) is 2. The predicted octanol–water partition coefficient (Wildman–Crippen LogP) is 2.59. The van der Waals surface area contributed by atoms with Crippen LogP contribution in [0.4, 0.5) is 0 Å². The minimum absolute atomic E-state index is 0.0303. The number of halogens is 1. The number of hydrogen-bond acceptors (Lipinski definition) is 4. The van der Waals surface area contributed by atoms with Crippen LogP contribution in [0.1, 0.15) is 12.2 Å². The molecule has 0 aliphatic heterocycles. The molecule has 0 bridgehead atoms. The molecule has 0 spiro atoms. The number of carbonyl (C=O) groups excluding carboxylic acids is 1. The topological polar surface area (TPSA) is 93.1 Å². The number of aromatic nitrogens is 2. The lowest BCUT2D eigenvalue weighted by atomic mass is 10.3. The molecule has 1 aromatic heterocycles. The Kier molecular flexibility index (Phi) is 6.48. The smallest absolute Gasteiger partial charge is 0.241 e. The summed E-state index contributed by atoms with van der Waals surface area (Å²) in [5, 5.41) is 2.82. The Morgan fingerprint density at radius 3 is 2.61 bits per heavy atom. The molecular formula is C19H21BrN4O3S. The Balaban J connectivity index is 1.47. The van der Waals surface area contributed by atoms with Gasteiger partial charge in [-0.2, -0.15) is 0 Å². The predicted molar refractivity (Wildman–Crippen MR) is 111 cm³/mol. The van der Waals surface area contributed by atoms with E-state index in [-0.39, 0.29) is 23.8 Å². The van der Waals surface area contributed by atoms with Crippen molar-refractivity contribution in [2.45, 2.75) is 24.8 Å². The Hall–Kier alpha value is -2.23. The molecule has 0 unspecified atom stereocenters. The molecule has 2 aromatic carbocycles. The first-order chi connectivity index (χ1) is 13.4. The van der Waals surface area contributed by atoms with Crippen LogP contribution in [0.3, 0.4) is 0 Å². The van der Waals surface area contributed by atoms with Crippen molar-refractivity contribution in [2.75, 3.05) is 13.1 Å². The molecule has 2 N–H and O–H groups in total. The lowest BCUT2D eigenvalue weighted by molar-refractivity contribution is -0.120. The number of imidazole rings is 1. The summed E-state index contributed by atoms with van der Waals surface area (Å²) in [4.78, 5) is 16.7. The first-order valence-electron chi connectivity index (χ1n) is 8.81. The lowest BCUT2D eigenvalue weighted by Crippen LogP contribution is -2.32. The van der Waals surface area contributed by atoms with E-state index in [1.807, 2.05) is 35.8 Å². The molecule has 0 saturated carbocycles. The number of aryl methyl sites for hydroxylation is 1. The van der Waals surface area contributed by atoms with Crippen molar-refractivity contribution in [3.8, 4) is 0 Å². The van der Waals surface area contributed by atoms with Gasteiger partial charge in [-0.1, -0.05) is 24.3 Å². The van der Waals surface area contributed by atoms with Gasteiger partial charge in [-0.05, 0) is 47.1 Å². The number of nitrogens with one attached hydrogen (secondary N) is 2. The molecule has 3 aromatic rings. The van der Waals surface area contributed by atoms with Crippen LogP contribution in [0, 0.1) is 6.92 Å². The maximum atomic E-state index is 12.3. The highest BCUT2D eigenvalue weighted by Gasteiger charge is 2.17. The van der Waals surface area contributed by atoms with Gasteiger partial charge >= 0.3 is 0 Å². The maximum absolute atomic E-state index is 12.3. The van der Waals surface area contributed by atoms with E-state index >= 15 is 0 Å². The minimum atomic E-state index is -3.66. The molecule has 3 rings (SSSR count). The number of rotatable bonds is 8. The molecule has 1 amide bonds. The van der Waals surface area contributed by atoms with Crippen LogP contribution in [0.25, 0.3) is 11.0 Å². The summed E-state index contributed by atoms with van der Waals surface area (Å²) in [5.41, 5.74) is 1.95. The van der Waals surface area contributed by atoms with Gasteiger partial charge in [0.2, 0.25) is 15.9 Å². The van der Waals surface area contributed by atoms with Crippen molar-refractivity contribution in [2.24, 2.45) is 0 Å². The van der Waals surface area contributed by atoms with Crippen LogP contribution in [-0.2, 0) is 21.4 Å². The van der Waals surface area contributed by atoms with Crippen LogP contribution in [-0.4, -0.2) is 37.0 Å². The van der Waals surface area contributed by atoms with Crippen LogP contribution in [0.5, 0.6) is 0 Å². The fourth-order valence-electron chi connectivity index (χ4n) is 2.91. The molecule has 0 fully saturated rings. The van der Waals surface area contributed by atoms with Gasteiger partial charge in [0.1, 0.15) is 5.82 Å². The third-order valence-electron chi connectivity index (χ3n) is 4.27. The van der Waals surface area contributed by atoms with E-state index in [1.54, 1.807) is 18.2 Å². The number of amides is 1. The second-order valence-electron chi connectivity index (χ2n) is 6.23. The fraction of sp³-hybridized carbons (Fsp3) is 0.263. The molecule has 0 aliphatic carbocycles. The zero-order valence-electron chi connectivity index (χ0n) is 15.4. The van der Waals surface area contributed by atoms with E-state index in [4.69, 9.17) is 0 Å². The lowest BCUT2D eigenvalue weighted by Gasteiger charge is -2.10. The van der Waals surface area contributed by atoms with E-state index in [2.05, 4.69) is 31.0 Å². The van der Waals surface area contributed by atoms with Gasteiger partial charge < -0.3 is 9.88 Å². The van der Waals surface area contributed by atoms with Crippen LogP contribution in [0.15, 0.2) is 57.9 Å². The Labute approximate surface area is 172 Å². The first-order valence-corrected chi connectivity index (χ1v) is 11.1. The number of fused-ring (bicyclic) bond motifs is 1. The molecule has 28 heavy (non-hydrogen) atoms. The fourth-order valence-corrected chi connectivity index (χ4v) is 4.95. The van der Waals surface area contributed by atoms with Crippen molar-refractivity contribution >= 4 is 42.9 Å². The average molecular weight is 465 g/mol. The molecule has 9 heteroatoms. The highest BCUT2D eigenvalue weighted by Crippen LogP contribution is 2.20. The van der Waals surface area contributed by atoms with Crippen LogP contribution in [0.2, 0.25) is 0 Å². The summed E-state index contributed by atoms with van der Waals surface area (Å²) in [6, 6.07) is 14.4. The summed E-state index contributed by atoms with van der Waals surface area (Å²) >= 11 is 3.22. The van der Waals surface area contributed by atoms with Crippen LogP contribution < -0.4 is 10.0 Å². The minimum Gasteiger partial charge on any atom is -0.354 e. The van der Waals surface area contributed by atoms with Crippen molar-refractivity contribution in [1.82, 2.24) is 19.6 Å². The molecule has 0 radical (unpaired) electrons. The Morgan fingerprint density at radius 1 is 1.11 bits per heavy atom. The number of hydrogen-bond donors (Lipinski definition) is 2. The van der Waals surface area contributed by atoms with Gasteiger partial charge in [-0.25, -0.2) is 18.1 Å². The average Bonchev–Trinajstić information content (AvgIpc) is 2.97. The van der Waals surface area contributed by atoms with Gasteiger partial charge in [0, 0.05) is 30.5 Å². The van der Waals surface area contributed by atoms with Crippen molar-refractivity contribution in [1.29, 1.82) is 0 Å². The summed E-state index contributed by atoms with van der Waals surface area (Å²) in [6.07, 6.45) is 0.0628. The van der Waals surface area contributed by atoms with E-state index in [0.717, 1.165) is 16.9 Å². The number of sulfonamides is 1. The molecule has 0 atom stereocenters. The third kappa shape index (κ3) is 4.78. The molecule has 1 heterocycles. The quantitative estimate of drug-likeness (QED) is 0.535. The number of benzene rings is 2. The normalized spacial score (nSPS) is 11.6. The largest absolute Gasteiger partial charge is 0.354 e. The summed E-state index contributed by atoms with van der Waals surface area (Å²) < 4.78 is 29.5. The van der Waals surface area contributed by atoms with Gasteiger partial charge in [0.05, 0.1) is 15.9 Å². The zero-order chi connectivity index (χ0) is 20.1. The third-order valence-corrected chi connectivity index (χ3v) is 6.75. The highest BCUT2D eigenvalue weighted by molar-refractivity contribution is 9.10. The van der Waals surface area contributed by atoms with Gasteiger partial charge in [-0.3, -0.25) is 4.79 Å². The molecule has 7 nitrogen and oxygen atoms in total. The standard InChI is InChI=1S/C19H21BrN4O3S/c1-14-23-16-7-3-4-8-17(16)24(14)13-12-21-19(25)10-11-22-28(26,27)18-9-5-2-6-15(18)20/h2-9,22H,10-13H2,1H3,(H,21,25). The highest BCUT2D eigenvalue weighted by atomic mass is 79.9. The first kappa shape index (κ1) is 20.5. The SMILES string of the molecule is Cc1nc2ccccc2n1CCNC(=O)CCNS(=O)(=O)c1ccccc1Br. The van der Waals surface area contributed by atoms with Crippen molar-refractivity contribution < 1.29 is 13.2 Å². The van der Waals surface area contributed by atoms with E-state index in [0.29, 0.717) is 17.6 Å². The van der Waals surface area contributed by atoms with Crippen LogP contribution >= 0.6 is 15.9 Å². The summed E-state index contributed by atoms with van der Waals surface area (Å²) in [7, 11) is -3.66. The number of para-hydroxylation sites is 2. The van der Waals surface area contributed by atoms with Crippen molar-refractivity contribution in [3.63, 3.8) is 0 Å². The Bertz CT molecular complexity index is 1100. The van der Waals surface area contributed by atoms with E-state index < -0.39 is 10.0 Å². The summed E-state index contributed by atoms with van der Waals surface area (Å²) in [6.45, 7) is 3.00. The maximum Gasteiger partial charge on any atom is 0.241 e. The monoisotopic (exact) mass is 464 g/mol. The Morgan fingerprint density at radius 2 is 1.82 bits per heavy atom. The molecular weight excluding hydrogens is 444 g/mol. The van der Waals surface area contributed by atoms with Crippen molar-refractivity contribution in [3.05, 3.63) is 58.8 Å². The van der Waals surface area contributed by atoms with E-state index in [9.17, 15) is 13.2 Å². The van der Waals surface area contributed by atoms with E-state index in [1.165, 1.54) is 6.07 Å².